The van der Waals surface area contributed by atoms with Gasteiger partial charge in [0.15, 0.2) is 0 Å². The number of carboxylic acids is 4. The predicted octanol–water partition coefficient (Wildman–Crippen LogP) is 8.42. The van der Waals surface area contributed by atoms with Crippen molar-refractivity contribution in [3.8, 4) is 0 Å². The molecule has 0 heterocycles. The Kier molecular flexibility index (Phi) is 5.99. The van der Waals surface area contributed by atoms with Gasteiger partial charge < -0.3 is 20.4 Å². The van der Waals surface area contributed by atoms with E-state index in [4.69, 9.17) is 0 Å². The molecule has 0 aliphatic heterocycles. The second-order valence-electron chi connectivity index (χ2n) is 19.2. The summed E-state index contributed by atoms with van der Waals surface area (Å²) in [5.74, 6) is -4.19. The van der Waals surface area contributed by atoms with Gasteiger partial charge in [0.05, 0.1) is 22.3 Å². The van der Waals surface area contributed by atoms with E-state index in [1.54, 1.807) is 12.1 Å². The number of hydrogen-bond acceptors (Lipinski definition) is 4. The smallest absolute Gasteiger partial charge is 0.335 e. The van der Waals surface area contributed by atoms with Crippen LogP contribution >= 0.6 is 0 Å². The molecule has 8 aliphatic rings. The van der Waals surface area contributed by atoms with Crippen molar-refractivity contribution in [2.75, 3.05) is 0 Å². The van der Waals surface area contributed by atoms with Crippen molar-refractivity contribution < 1.29 is 39.6 Å². The van der Waals surface area contributed by atoms with Gasteiger partial charge in [-0.3, -0.25) is 0 Å². The first kappa shape index (κ1) is 31.6. The van der Waals surface area contributed by atoms with Crippen LogP contribution in [0, 0.1) is 32.5 Å². The van der Waals surface area contributed by atoms with Crippen molar-refractivity contribution in [3.63, 3.8) is 0 Å². The summed E-state index contributed by atoms with van der Waals surface area (Å²) in [6.07, 6.45) is 11.0. The monoisotopic (exact) mass is 654 g/mol. The van der Waals surface area contributed by atoms with E-state index < -0.39 is 34.7 Å². The molecule has 10 rings (SSSR count). The van der Waals surface area contributed by atoms with Crippen LogP contribution in [-0.2, 0) is 10.8 Å². The van der Waals surface area contributed by atoms with Crippen molar-refractivity contribution in [1.29, 1.82) is 0 Å². The minimum atomic E-state index is -1.06. The molecule has 48 heavy (non-hydrogen) atoms. The Balaban J connectivity index is 1.35. The molecule has 254 valence electrons. The van der Waals surface area contributed by atoms with E-state index in [2.05, 4.69) is 27.7 Å². The Morgan fingerprint density at radius 3 is 1.02 bits per heavy atom. The molecular formula is C40H46O8. The Morgan fingerprint density at radius 1 is 0.438 bits per heavy atom. The van der Waals surface area contributed by atoms with Gasteiger partial charge in [-0.05, 0) is 168 Å². The van der Waals surface area contributed by atoms with Crippen molar-refractivity contribution >= 4 is 23.9 Å². The summed E-state index contributed by atoms with van der Waals surface area (Å²) >= 11 is 0. The zero-order valence-corrected chi connectivity index (χ0v) is 28.4. The van der Waals surface area contributed by atoms with E-state index in [1.807, 2.05) is 0 Å². The molecule has 0 saturated heterocycles. The van der Waals surface area contributed by atoms with Gasteiger partial charge in [-0.15, -0.1) is 0 Å². The highest BCUT2D eigenvalue weighted by atomic mass is 16.4. The first-order valence-electron chi connectivity index (χ1n) is 17.4. The minimum Gasteiger partial charge on any atom is -0.478 e. The van der Waals surface area contributed by atoms with Gasteiger partial charge in [-0.25, -0.2) is 19.2 Å². The van der Waals surface area contributed by atoms with Crippen LogP contribution < -0.4 is 0 Å². The predicted molar refractivity (Wildman–Crippen MR) is 177 cm³/mol. The van der Waals surface area contributed by atoms with Crippen LogP contribution in [0.4, 0.5) is 0 Å². The lowest BCUT2D eigenvalue weighted by Gasteiger charge is -2.80. The van der Waals surface area contributed by atoms with Gasteiger partial charge in [0.1, 0.15) is 0 Å². The second-order valence-corrected chi connectivity index (χ2v) is 19.2. The molecule has 2 aromatic rings. The maximum Gasteiger partial charge on any atom is 0.335 e. The van der Waals surface area contributed by atoms with Crippen molar-refractivity contribution in [1.82, 2.24) is 0 Å². The Hall–Kier alpha value is -3.68. The van der Waals surface area contributed by atoms with Gasteiger partial charge in [0.25, 0.3) is 0 Å². The second kappa shape index (κ2) is 9.10. The fraction of sp³-hybridized carbons (Fsp3) is 0.600. The third kappa shape index (κ3) is 4.19. The molecule has 0 spiro atoms. The molecule has 8 bridgehead atoms. The molecule has 0 aromatic heterocycles. The molecule has 0 amide bonds. The lowest BCUT2D eigenvalue weighted by molar-refractivity contribution is -0.275. The Labute approximate surface area is 280 Å². The van der Waals surface area contributed by atoms with E-state index in [-0.39, 0.29) is 54.7 Å². The van der Waals surface area contributed by atoms with Crippen LogP contribution in [-0.4, -0.2) is 44.3 Å². The fourth-order valence-corrected chi connectivity index (χ4v) is 15.7. The highest BCUT2D eigenvalue weighted by Crippen LogP contribution is 2.85. The third-order valence-corrected chi connectivity index (χ3v) is 14.4. The van der Waals surface area contributed by atoms with Crippen molar-refractivity contribution in [2.45, 2.75) is 116 Å². The summed E-state index contributed by atoms with van der Waals surface area (Å²) < 4.78 is 0. The molecule has 2 aromatic carbocycles. The molecule has 8 heteroatoms. The highest BCUT2D eigenvalue weighted by Gasteiger charge is 2.76. The number of carbonyl (C=O) groups is 4. The number of carboxylic acid groups (broad SMARTS) is 4. The summed E-state index contributed by atoms with van der Waals surface area (Å²) in [7, 11) is 0. The topological polar surface area (TPSA) is 149 Å². The van der Waals surface area contributed by atoms with Crippen LogP contribution in [0.15, 0.2) is 36.4 Å². The molecule has 8 saturated carbocycles. The summed E-state index contributed by atoms with van der Waals surface area (Å²) in [6, 6.07) is 9.10. The molecule has 0 radical (unpaired) electrons. The quantitative estimate of drug-likeness (QED) is 0.232. The zero-order valence-electron chi connectivity index (χ0n) is 28.4. The lowest BCUT2D eigenvalue weighted by atomic mass is 9.24. The van der Waals surface area contributed by atoms with Gasteiger partial charge in [0, 0.05) is 0 Å². The molecule has 8 aliphatic carbocycles. The highest BCUT2D eigenvalue weighted by molar-refractivity contribution is 5.94. The van der Waals surface area contributed by atoms with Gasteiger partial charge >= 0.3 is 23.9 Å². The molecule has 4 atom stereocenters. The van der Waals surface area contributed by atoms with Gasteiger partial charge in [-0.1, -0.05) is 27.7 Å². The van der Waals surface area contributed by atoms with Gasteiger partial charge in [-0.2, -0.15) is 0 Å². The SMILES string of the molecule is CC12CC3(C)CC(c4cc(C(=O)O)ccc4C(=O)O)(C1)CC(C14CC5(C)CC(C)(CC(c6cc(C(=O)O)ccc6C(=O)O)(C5)C1)C4)(C2)C3. The van der Waals surface area contributed by atoms with E-state index in [0.29, 0.717) is 11.1 Å². The molecule has 4 unspecified atom stereocenters. The van der Waals surface area contributed by atoms with Crippen molar-refractivity contribution in [3.05, 3.63) is 69.8 Å². The lowest BCUT2D eigenvalue weighted by Crippen LogP contribution is -2.71. The molecule has 8 fully saturated rings. The maximum absolute atomic E-state index is 12.8. The average Bonchev–Trinajstić information content (AvgIpc) is 2.92. The van der Waals surface area contributed by atoms with E-state index in [9.17, 15) is 39.6 Å². The van der Waals surface area contributed by atoms with Crippen LogP contribution in [0.3, 0.4) is 0 Å². The van der Waals surface area contributed by atoms with Crippen LogP contribution in [0.1, 0.15) is 157 Å². The molecule has 4 N–H and O–H groups in total. The zero-order chi connectivity index (χ0) is 34.5. The number of aromatic carboxylic acids is 4. The number of hydrogen-bond donors (Lipinski definition) is 4. The summed E-state index contributed by atoms with van der Waals surface area (Å²) in [6.45, 7) is 9.47. The number of rotatable bonds is 7. The minimum absolute atomic E-state index is 0.0632. The maximum atomic E-state index is 12.8. The van der Waals surface area contributed by atoms with Crippen LogP contribution in [0.25, 0.3) is 0 Å². The summed E-state index contributed by atoms with van der Waals surface area (Å²) in [4.78, 5) is 50.0. The number of benzene rings is 2. The van der Waals surface area contributed by atoms with E-state index in [0.717, 1.165) is 77.0 Å². The average molecular weight is 655 g/mol. The fourth-order valence-electron chi connectivity index (χ4n) is 15.7. The molecular weight excluding hydrogens is 608 g/mol. The third-order valence-electron chi connectivity index (χ3n) is 14.4. The largest absolute Gasteiger partial charge is 0.478 e. The van der Waals surface area contributed by atoms with Crippen LogP contribution in [0.5, 0.6) is 0 Å². The van der Waals surface area contributed by atoms with Gasteiger partial charge in [0.2, 0.25) is 0 Å². The first-order valence-corrected chi connectivity index (χ1v) is 17.4. The van der Waals surface area contributed by atoms with Crippen LogP contribution in [0.2, 0.25) is 0 Å². The Bertz CT molecular complexity index is 1680. The first-order chi connectivity index (χ1) is 22.2. The summed E-state index contributed by atoms with van der Waals surface area (Å²) in [5.41, 5.74) is 0.375. The molecule has 8 nitrogen and oxygen atoms in total. The Morgan fingerprint density at radius 2 is 0.750 bits per heavy atom. The summed E-state index contributed by atoms with van der Waals surface area (Å²) in [5, 5.41) is 40.9. The normalized spacial score (nSPS) is 43.3. The van der Waals surface area contributed by atoms with E-state index >= 15 is 0 Å². The van der Waals surface area contributed by atoms with Crippen molar-refractivity contribution in [2.24, 2.45) is 32.5 Å². The van der Waals surface area contributed by atoms with E-state index in [1.165, 1.54) is 24.3 Å². The standard InChI is InChI=1S/C40H46O8/c1-33-11-34(2)14-37(13-33,27-9-23(29(41)42)5-7-25(27)31(45)46)21-39(17-33,18-34)40-19-35(3)12-36(4,20-40)16-38(15-35,22-40)28-10-24(30(43)44)6-8-26(28)32(47)48/h5-10H,11-22H2,1-4H3,(H,41,42)(H,43,44)(H,45,46)(H,47,48).